The average molecular weight is 340 g/mol. The van der Waals surface area contributed by atoms with Gasteiger partial charge in [-0.3, -0.25) is 10.1 Å². The zero-order valence-electron chi connectivity index (χ0n) is 11.5. The summed E-state index contributed by atoms with van der Waals surface area (Å²) < 4.78 is 42.0. The van der Waals surface area contributed by atoms with E-state index < -0.39 is 36.1 Å². The molecule has 0 spiro atoms. The van der Waals surface area contributed by atoms with Crippen molar-refractivity contribution in [2.75, 3.05) is 6.61 Å². The Morgan fingerprint density at radius 2 is 2.10 bits per heavy atom. The summed E-state index contributed by atoms with van der Waals surface area (Å²) in [5.41, 5.74) is -0.708. The number of nitro benzene ring substituents is 1. The third kappa shape index (κ3) is 4.82. The largest absolute Gasteiger partial charge is 0.489 e. The second kappa shape index (κ2) is 7.04. The quantitative estimate of drug-likeness (QED) is 0.431. The molecule has 0 aliphatic rings. The lowest BCUT2D eigenvalue weighted by atomic mass is 10.1. The Morgan fingerprint density at radius 1 is 1.48 bits per heavy atom. The molecule has 0 aliphatic heterocycles. The third-order valence-corrected chi connectivity index (χ3v) is 4.09. The van der Waals surface area contributed by atoms with Gasteiger partial charge in [0.15, 0.2) is 11.6 Å². The molecule has 1 rings (SSSR count). The van der Waals surface area contributed by atoms with E-state index in [4.69, 9.17) is 15.4 Å². The van der Waals surface area contributed by atoms with Gasteiger partial charge < -0.3 is 4.74 Å². The van der Waals surface area contributed by atoms with Crippen LogP contribution in [0, 0.1) is 21.8 Å². The molecular formula is C12H15ClFNO5S. The molecule has 0 saturated carbocycles. The molecule has 0 amide bonds. The molecule has 0 heterocycles. The summed E-state index contributed by atoms with van der Waals surface area (Å²) in [5, 5.41) is 10.7. The number of benzene rings is 1. The van der Waals surface area contributed by atoms with Crippen molar-refractivity contribution >= 4 is 25.4 Å². The zero-order valence-corrected chi connectivity index (χ0v) is 13.1. The molecule has 9 heteroatoms. The Balaban J connectivity index is 3.21. The Hall–Kier alpha value is -1.41. The molecule has 1 unspecified atom stereocenters. The van der Waals surface area contributed by atoms with E-state index in [2.05, 4.69) is 0 Å². The van der Waals surface area contributed by atoms with Gasteiger partial charge in [0.2, 0.25) is 0 Å². The fourth-order valence-electron chi connectivity index (χ4n) is 1.78. The van der Waals surface area contributed by atoms with Crippen molar-refractivity contribution in [1.82, 2.24) is 0 Å². The summed E-state index contributed by atoms with van der Waals surface area (Å²) in [6.07, 6.45) is 1.71. The van der Waals surface area contributed by atoms with Crippen LogP contribution in [0.25, 0.3) is 0 Å². The summed E-state index contributed by atoms with van der Waals surface area (Å²) in [6.45, 7) is 3.92. The van der Waals surface area contributed by atoms with E-state index >= 15 is 0 Å². The predicted molar refractivity (Wildman–Crippen MR) is 75.7 cm³/mol. The van der Waals surface area contributed by atoms with E-state index in [1.165, 1.54) is 0 Å². The van der Waals surface area contributed by atoms with E-state index in [9.17, 15) is 22.9 Å². The van der Waals surface area contributed by atoms with Gasteiger partial charge in [0.25, 0.3) is 14.7 Å². The minimum Gasteiger partial charge on any atom is -0.489 e. The fraction of sp³-hybridized carbons (Fsp3) is 0.500. The highest BCUT2D eigenvalue weighted by Crippen LogP contribution is 2.34. The first-order chi connectivity index (χ1) is 9.66. The number of non-ortho nitro benzene ring substituents is 1. The molecule has 21 heavy (non-hydrogen) atoms. The second-order valence-corrected chi connectivity index (χ2v) is 7.19. The van der Waals surface area contributed by atoms with Crippen molar-refractivity contribution in [3.05, 3.63) is 28.1 Å². The molecule has 1 aromatic rings. The predicted octanol–water partition coefficient (Wildman–Crippen LogP) is 3.48. The van der Waals surface area contributed by atoms with Crippen LogP contribution in [-0.2, 0) is 9.05 Å². The minimum absolute atomic E-state index is 0.0791. The summed E-state index contributed by atoms with van der Waals surface area (Å²) in [6, 6.07) is 1.29. The highest BCUT2D eigenvalue weighted by Gasteiger charge is 2.26. The van der Waals surface area contributed by atoms with Gasteiger partial charge in [-0.1, -0.05) is 20.3 Å². The molecule has 0 bridgehead atoms. The van der Waals surface area contributed by atoms with Gasteiger partial charge in [-0.05, 0) is 12.3 Å². The molecule has 1 atom stereocenters. The first kappa shape index (κ1) is 17.6. The minimum atomic E-state index is -4.37. The molecule has 0 N–H and O–H groups in total. The number of ether oxygens (including phenoxy) is 1. The lowest BCUT2D eigenvalue weighted by Crippen LogP contribution is -2.11. The van der Waals surface area contributed by atoms with Crippen molar-refractivity contribution in [3.63, 3.8) is 0 Å². The van der Waals surface area contributed by atoms with Crippen LogP contribution < -0.4 is 4.74 Å². The maximum atomic E-state index is 13.9. The number of rotatable bonds is 7. The molecule has 0 saturated heterocycles. The molecule has 0 fully saturated rings. The summed E-state index contributed by atoms with van der Waals surface area (Å²) >= 11 is 0. The van der Waals surface area contributed by atoms with Crippen LogP contribution in [0.4, 0.5) is 10.1 Å². The van der Waals surface area contributed by atoms with Crippen molar-refractivity contribution < 1.29 is 22.5 Å². The molecule has 0 radical (unpaired) electrons. The van der Waals surface area contributed by atoms with Crippen molar-refractivity contribution in [1.29, 1.82) is 0 Å². The Morgan fingerprint density at radius 3 is 2.57 bits per heavy atom. The van der Waals surface area contributed by atoms with Gasteiger partial charge in [-0.15, -0.1) is 0 Å². The summed E-state index contributed by atoms with van der Waals surface area (Å²) in [4.78, 5) is 9.01. The third-order valence-electron chi connectivity index (χ3n) is 2.76. The van der Waals surface area contributed by atoms with E-state index in [0.29, 0.717) is 12.1 Å². The maximum absolute atomic E-state index is 13.9. The molecular weight excluding hydrogens is 325 g/mol. The average Bonchev–Trinajstić information content (AvgIpc) is 2.35. The summed E-state index contributed by atoms with van der Waals surface area (Å²) in [5.74, 6) is -1.64. The number of halogens is 2. The Labute approximate surface area is 126 Å². The highest BCUT2D eigenvalue weighted by atomic mass is 35.7. The lowest BCUT2D eigenvalue weighted by Gasteiger charge is -2.14. The SMILES string of the molecule is CCCC(C)COc1c(F)cc([N+](=O)[O-])cc1S(=O)(=O)Cl. The Kier molecular flexibility index (Phi) is 5.91. The topological polar surface area (TPSA) is 86.5 Å². The lowest BCUT2D eigenvalue weighted by molar-refractivity contribution is -0.385. The van der Waals surface area contributed by atoms with Crippen LogP contribution in [0.3, 0.4) is 0 Å². The number of hydrogen-bond acceptors (Lipinski definition) is 5. The zero-order chi connectivity index (χ0) is 16.2. The normalized spacial score (nSPS) is 13.0. The maximum Gasteiger partial charge on any atom is 0.273 e. The highest BCUT2D eigenvalue weighted by molar-refractivity contribution is 8.13. The van der Waals surface area contributed by atoms with Gasteiger partial charge in [0.1, 0.15) is 4.90 Å². The van der Waals surface area contributed by atoms with Crippen molar-refractivity contribution in [2.45, 2.75) is 31.6 Å². The van der Waals surface area contributed by atoms with Crippen molar-refractivity contribution in [2.24, 2.45) is 5.92 Å². The van der Waals surface area contributed by atoms with Crippen LogP contribution in [0.15, 0.2) is 17.0 Å². The molecule has 1 aromatic carbocycles. The van der Waals surface area contributed by atoms with Crippen molar-refractivity contribution in [3.8, 4) is 5.75 Å². The van der Waals surface area contributed by atoms with Crippen LogP contribution in [0.5, 0.6) is 5.75 Å². The van der Waals surface area contributed by atoms with E-state index in [1.54, 1.807) is 0 Å². The molecule has 0 aromatic heterocycles. The second-order valence-electron chi connectivity index (χ2n) is 4.65. The first-order valence-corrected chi connectivity index (χ1v) is 8.53. The number of nitro groups is 1. The molecule has 6 nitrogen and oxygen atoms in total. The van der Waals surface area contributed by atoms with Crippen LogP contribution in [0.1, 0.15) is 26.7 Å². The monoisotopic (exact) mass is 339 g/mol. The van der Waals surface area contributed by atoms with Gasteiger partial charge in [0, 0.05) is 16.7 Å². The van der Waals surface area contributed by atoms with E-state index in [1.807, 2.05) is 13.8 Å². The smallest absolute Gasteiger partial charge is 0.273 e. The van der Waals surface area contributed by atoms with Gasteiger partial charge >= 0.3 is 0 Å². The van der Waals surface area contributed by atoms with Crippen LogP contribution in [-0.4, -0.2) is 19.9 Å². The van der Waals surface area contributed by atoms with Gasteiger partial charge in [-0.25, -0.2) is 12.8 Å². The van der Waals surface area contributed by atoms with Crippen LogP contribution >= 0.6 is 10.7 Å². The van der Waals surface area contributed by atoms with Crippen LogP contribution in [0.2, 0.25) is 0 Å². The number of nitrogens with zero attached hydrogens (tertiary/aromatic N) is 1. The Bertz CT molecular complexity index is 635. The molecule has 0 aliphatic carbocycles. The number of hydrogen-bond donors (Lipinski definition) is 0. The van der Waals surface area contributed by atoms with Gasteiger partial charge in [-0.2, -0.15) is 0 Å². The first-order valence-electron chi connectivity index (χ1n) is 6.22. The fourth-order valence-corrected chi connectivity index (χ4v) is 2.77. The van der Waals surface area contributed by atoms with E-state index in [-0.39, 0.29) is 12.5 Å². The van der Waals surface area contributed by atoms with E-state index in [0.717, 1.165) is 12.8 Å². The summed E-state index contributed by atoms with van der Waals surface area (Å²) in [7, 11) is 0.822. The molecule has 118 valence electrons. The van der Waals surface area contributed by atoms with Gasteiger partial charge in [0.05, 0.1) is 17.6 Å². The standard InChI is InChI=1S/C12H15ClFNO5S/c1-3-4-8(2)7-20-12-10(14)5-9(15(16)17)6-11(12)21(13,18)19/h5-6,8H,3-4,7H2,1-2H3.